The summed E-state index contributed by atoms with van der Waals surface area (Å²) in [5, 5.41) is 0. The van der Waals surface area contributed by atoms with E-state index in [9.17, 15) is 14.4 Å². The molecule has 3 rings (SSSR count). The molecule has 2 amide bonds. The van der Waals surface area contributed by atoms with Crippen LogP contribution in [0.2, 0.25) is 0 Å². The minimum atomic E-state index is -0.666. The van der Waals surface area contributed by atoms with Crippen LogP contribution >= 0.6 is 0 Å². The lowest BCUT2D eigenvalue weighted by Gasteiger charge is -2.24. The summed E-state index contributed by atoms with van der Waals surface area (Å²) in [6.07, 6.45) is 5.40. The van der Waals surface area contributed by atoms with Gasteiger partial charge in [-0.25, -0.2) is 4.79 Å². The standard InChI is InChI=1S/C24H28N2O4/c1-25(19-12-6-5-7-13-19)23(28)20-14-8-9-15-21(20)24(29)30-18-22(27)26-16-10-3-2-4-11-17-26/h5-9,12-15H,2-4,10-11,16-18H2,1H3. The summed E-state index contributed by atoms with van der Waals surface area (Å²) in [6.45, 7) is 1.09. The van der Waals surface area contributed by atoms with Crippen LogP contribution in [-0.4, -0.2) is 49.4 Å². The smallest absolute Gasteiger partial charge is 0.339 e. The second-order valence-electron chi connectivity index (χ2n) is 7.47. The Morgan fingerprint density at radius 1 is 0.833 bits per heavy atom. The molecule has 2 aromatic carbocycles. The number of hydrogen-bond donors (Lipinski definition) is 0. The van der Waals surface area contributed by atoms with Crippen LogP contribution in [0.5, 0.6) is 0 Å². The number of carbonyl (C=O) groups excluding carboxylic acids is 3. The zero-order chi connectivity index (χ0) is 21.3. The Bertz CT molecular complexity index is 874. The average Bonchev–Trinajstić information content (AvgIpc) is 2.76. The van der Waals surface area contributed by atoms with E-state index in [-0.39, 0.29) is 29.5 Å². The van der Waals surface area contributed by atoms with Crippen molar-refractivity contribution in [3.05, 3.63) is 65.7 Å². The first-order chi connectivity index (χ1) is 14.6. The molecule has 1 aliphatic heterocycles. The normalized spacial score (nSPS) is 14.4. The van der Waals surface area contributed by atoms with E-state index >= 15 is 0 Å². The highest BCUT2D eigenvalue weighted by Gasteiger charge is 2.23. The summed E-state index contributed by atoms with van der Waals surface area (Å²) in [6, 6.07) is 15.7. The van der Waals surface area contributed by atoms with E-state index in [1.165, 1.54) is 11.3 Å². The molecule has 0 saturated carbocycles. The first kappa shape index (κ1) is 21.6. The molecule has 1 heterocycles. The number of esters is 1. The molecular formula is C24H28N2O4. The molecule has 158 valence electrons. The third-order valence-corrected chi connectivity index (χ3v) is 5.36. The lowest BCUT2D eigenvalue weighted by atomic mass is 10.1. The van der Waals surface area contributed by atoms with Gasteiger partial charge in [-0.15, -0.1) is 0 Å². The molecule has 1 aliphatic rings. The second kappa shape index (κ2) is 10.6. The maximum absolute atomic E-state index is 13.0. The molecule has 0 unspecified atom stereocenters. The number of benzene rings is 2. The summed E-state index contributed by atoms with van der Waals surface area (Å²) >= 11 is 0. The fourth-order valence-corrected chi connectivity index (χ4v) is 3.59. The maximum atomic E-state index is 13.0. The molecule has 0 aliphatic carbocycles. The molecule has 2 aromatic rings. The summed E-state index contributed by atoms with van der Waals surface area (Å²) in [7, 11) is 1.66. The first-order valence-electron chi connectivity index (χ1n) is 10.4. The van der Waals surface area contributed by atoms with E-state index in [1.807, 2.05) is 30.3 Å². The van der Waals surface area contributed by atoms with Gasteiger partial charge in [0.2, 0.25) is 0 Å². The van der Waals surface area contributed by atoms with Gasteiger partial charge in [0.1, 0.15) is 0 Å². The summed E-state index contributed by atoms with van der Waals surface area (Å²) in [4.78, 5) is 41.4. The van der Waals surface area contributed by atoms with Crippen molar-refractivity contribution in [2.75, 3.05) is 31.6 Å². The molecule has 6 nitrogen and oxygen atoms in total. The highest BCUT2D eigenvalue weighted by Crippen LogP contribution is 2.18. The maximum Gasteiger partial charge on any atom is 0.339 e. The van der Waals surface area contributed by atoms with Crippen LogP contribution in [0.15, 0.2) is 54.6 Å². The lowest BCUT2D eigenvalue weighted by Crippen LogP contribution is -2.37. The molecule has 0 radical (unpaired) electrons. The van der Waals surface area contributed by atoms with E-state index in [0.29, 0.717) is 13.1 Å². The molecule has 0 aromatic heterocycles. The number of likely N-dealkylation sites (tertiary alicyclic amines) is 1. The third kappa shape index (κ3) is 5.47. The van der Waals surface area contributed by atoms with Crippen molar-refractivity contribution in [1.29, 1.82) is 0 Å². The van der Waals surface area contributed by atoms with E-state index in [1.54, 1.807) is 36.2 Å². The third-order valence-electron chi connectivity index (χ3n) is 5.36. The van der Waals surface area contributed by atoms with Gasteiger partial charge in [0.15, 0.2) is 6.61 Å². The number of carbonyl (C=O) groups is 3. The minimum Gasteiger partial charge on any atom is -0.452 e. The number of anilines is 1. The SMILES string of the molecule is CN(C(=O)c1ccccc1C(=O)OCC(=O)N1CCCCCCC1)c1ccccc1. The first-order valence-corrected chi connectivity index (χ1v) is 10.4. The fourth-order valence-electron chi connectivity index (χ4n) is 3.59. The zero-order valence-electron chi connectivity index (χ0n) is 17.4. The van der Waals surface area contributed by atoms with Gasteiger partial charge in [0.05, 0.1) is 11.1 Å². The minimum absolute atomic E-state index is 0.158. The Kier molecular flexibility index (Phi) is 7.60. The van der Waals surface area contributed by atoms with E-state index in [0.717, 1.165) is 31.4 Å². The number of hydrogen-bond acceptors (Lipinski definition) is 4. The topological polar surface area (TPSA) is 66.9 Å². The van der Waals surface area contributed by atoms with Crippen molar-refractivity contribution in [1.82, 2.24) is 4.90 Å². The van der Waals surface area contributed by atoms with Gasteiger partial charge in [0, 0.05) is 25.8 Å². The summed E-state index contributed by atoms with van der Waals surface area (Å²) in [5.74, 6) is -1.17. The van der Waals surface area contributed by atoms with E-state index < -0.39 is 5.97 Å². The predicted molar refractivity (Wildman–Crippen MR) is 116 cm³/mol. The Balaban J connectivity index is 1.66. The molecule has 1 saturated heterocycles. The molecule has 0 spiro atoms. The monoisotopic (exact) mass is 408 g/mol. The molecule has 0 bridgehead atoms. The zero-order valence-corrected chi connectivity index (χ0v) is 17.4. The van der Waals surface area contributed by atoms with Gasteiger partial charge < -0.3 is 14.5 Å². The number of rotatable bonds is 5. The number of para-hydroxylation sites is 1. The van der Waals surface area contributed by atoms with Crippen molar-refractivity contribution >= 4 is 23.5 Å². The van der Waals surface area contributed by atoms with E-state index in [4.69, 9.17) is 4.74 Å². The van der Waals surface area contributed by atoms with Gasteiger partial charge >= 0.3 is 5.97 Å². The molecule has 6 heteroatoms. The largest absolute Gasteiger partial charge is 0.452 e. The Hall–Kier alpha value is -3.15. The van der Waals surface area contributed by atoms with Crippen LogP contribution in [0, 0.1) is 0 Å². The Morgan fingerprint density at radius 2 is 1.40 bits per heavy atom. The van der Waals surface area contributed by atoms with E-state index in [2.05, 4.69) is 0 Å². The van der Waals surface area contributed by atoms with Crippen molar-refractivity contribution in [2.24, 2.45) is 0 Å². The van der Waals surface area contributed by atoms with Gasteiger partial charge in [-0.1, -0.05) is 49.6 Å². The Labute approximate surface area is 177 Å². The van der Waals surface area contributed by atoms with Crippen LogP contribution in [0.4, 0.5) is 5.69 Å². The quantitative estimate of drug-likeness (QED) is 0.704. The van der Waals surface area contributed by atoms with Crippen LogP contribution < -0.4 is 4.90 Å². The second-order valence-corrected chi connectivity index (χ2v) is 7.47. The van der Waals surface area contributed by atoms with Crippen molar-refractivity contribution in [3.8, 4) is 0 Å². The van der Waals surface area contributed by atoms with Crippen LogP contribution in [0.3, 0.4) is 0 Å². The van der Waals surface area contributed by atoms with Gasteiger partial charge in [-0.2, -0.15) is 0 Å². The lowest BCUT2D eigenvalue weighted by molar-refractivity contribution is -0.134. The van der Waals surface area contributed by atoms with Crippen molar-refractivity contribution in [3.63, 3.8) is 0 Å². The van der Waals surface area contributed by atoms with Gasteiger partial charge in [0.25, 0.3) is 11.8 Å². The number of amides is 2. The molecule has 30 heavy (non-hydrogen) atoms. The molecule has 1 fully saturated rings. The van der Waals surface area contributed by atoms with Crippen LogP contribution in [-0.2, 0) is 9.53 Å². The number of nitrogens with zero attached hydrogens (tertiary/aromatic N) is 2. The predicted octanol–water partition coefficient (Wildman–Crippen LogP) is 3.91. The molecule has 0 N–H and O–H groups in total. The molecular weight excluding hydrogens is 380 g/mol. The summed E-state index contributed by atoms with van der Waals surface area (Å²) in [5.41, 5.74) is 1.12. The summed E-state index contributed by atoms with van der Waals surface area (Å²) < 4.78 is 5.29. The highest BCUT2D eigenvalue weighted by molar-refractivity contribution is 6.12. The average molecular weight is 408 g/mol. The van der Waals surface area contributed by atoms with Crippen LogP contribution in [0.1, 0.15) is 52.8 Å². The highest BCUT2D eigenvalue weighted by atomic mass is 16.5. The number of ether oxygens (including phenoxy) is 1. The van der Waals surface area contributed by atoms with Crippen molar-refractivity contribution < 1.29 is 19.1 Å². The fraction of sp³-hybridized carbons (Fsp3) is 0.375. The van der Waals surface area contributed by atoms with Crippen LogP contribution in [0.25, 0.3) is 0 Å². The van der Waals surface area contributed by atoms with Gasteiger partial charge in [-0.3, -0.25) is 9.59 Å². The van der Waals surface area contributed by atoms with Crippen molar-refractivity contribution in [2.45, 2.75) is 32.1 Å². The molecule has 0 atom stereocenters. The Morgan fingerprint density at radius 3 is 2.07 bits per heavy atom. The van der Waals surface area contributed by atoms with Gasteiger partial charge in [-0.05, 0) is 37.1 Å².